The summed E-state index contributed by atoms with van der Waals surface area (Å²) in [7, 11) is 0. The highest BCUT2D eigenvalue weighted by Gasteiger charge is 2.40. The minimum Gasteiger partial charge on any atom is -0.351 e. The van der Waals surface area contributed by atoms with Crippen molar-refractivity contribution in [1.29, 1.82) is 0 Å². The molecule has 2 atom stereocenters. The molecular formula is C51H55N5O7. The number of amides is 5. The Labute approximate surface area is 368 Å². The summed E-state index contributed by atoms with van der Waals surface area (Å²) in [5, 5.41) is 10.7. The molecule has 0 aliphatic carbocycles. The molecule has 12 heteroatoms. The van der Waals surface area contributed by atoms with Gasteiger partial charge in [-0.05, 0) is 59.4 Å². The minimum absolute atomic E-state index is 0.105. The summed E-state index contributed by atoms with van der Waals surface area (Å²) in [6.07, 6.45) is -1.29. The average molecular weight is 850 g/mol. The molecule has 6 aromatic rings. The largest absolute Gasteiger partial charge is 0.351 e. The summed E-state index contributed by atoms with van der Waals surface area (Å²) in [6, 6.07) is 49.1. The van der Waals surface area contributed by atoms with Gasteiger partial charge in [-0.15, -0.1) is 0 Å². The average Bonchev–Trinajstić information content (AvgIpc) is 3.32. The lowest BCUT2D eigenvalue weighted by molar-refractivity contribution is -0.180. The Morgan fingerprint density at radius 3 is 1.73 bits per heavy atom. The number of ether oxygens (including phenoxy) is 2. The summed E-state index contributed by atoms with van der Waals surface area (Å²) >= 11 is 0. The maximum absolute atomic E-state index is 15.3. The number of carbonyl (C=O) groups is 4. The standard InChI is InChI=1S/C51H55N5O7/c1-4-61-49(62-5-2)37(3)56(35-40-25-20-24-39-23-18-19-32-44(39)40)48(59)45(53-47(58)36-63-55-50(60)52-34-38-21-10-6-11-22-38)33-46(57)54-51(41-26-12-7-13-27-41,42-28-14-8-15-29-42)43-30-16-9-17-31-43/h6-32,37,45,49H,4-5,33-36H2,1-3H3,(H,53,58)(H,54,57)(H2,52,55,60)/t37-,45-/m0/s1. The first-order valence-electron chi connectivity index (χ1n) is 21.2. The Morgan fingerprint density at radius 1 is 0.635 bits per heavy atom. The van der Waals surface area contributed by atoms with Gasteiger partial charge in [0.1, 0.15) is 11.6 Å². The molecule has 0 aliphatic rings. The number of hydrogen-bond donors (Lipinski definition) is 4. The number of nitrogens with zero attached hydrogens (tertiary/aromatic N) is 1. The molecule has 0 unspecified atom stereocenters. The van der Waals surface area contributed by atoms with Crippen LogP contribution >= 0.6 is 0 Å². The maximum atomic E-state index is 15.3. The van der Waals surface area contributed by atoms with Crippen molar-refractivity contribution in [3.05, 3.63) is 192 Å². The summed E-state index contributed by atoms with van der Waals surface area (Å²) in [4.78, 5) is 63.3. The molecule has 5 amide bonds. The van der Waals surface area contributed by atoms with Crippen LogP contribution in [-0.4, -0.2) is 66.8 Å². The van der Waals surface area contributed by atoms with E-state index in [0.717, 1.165) is 38.6 Å². The van der Waals surface area contributed by atoms with Gasteiger partial charge in [0.2, 0.25) is 17.7 Å². The molecule has 0 fully saturated rings. The molecule has 0 saturated carbocycles. The van der Waals surface area contributed by atoms with Gasteiger partial charge < -0.3 is 30.3 Å². The number of carbonyl (C=O) groups excluding carboxylic acids is 4. The second-order valence-corrected chi connectivity index (χ2v) is 14.9. The Hall–Kier alpha value is -6.86. The highest BCUT2D eigenvalue weighted by Crippen LogP contribution is 2.37. The predicted molar refractivity (Wildman–Crippen MR) is 243 cm³/mol. The summed E-state index contributed by atoms with van der Waals surface area (Å²) in [5.41, 5.74) is 5.12. The van der Waals surface area contributed by atoms with E-state index in [1.54, 1.807) is 4.90 Å². The van der Waals surface area contributed by atoms with Crippen molar-refractivity contribution in [2.45, 2.75) is 64.2 Å². The Bertz CT molecular complexity index is 2280. The van der Waals surface area contributed by atoms with Crippen molar-refractivity contribution < 1.29 is 33.5 Å². The molecule has 4 N–H and O–H groups in total. The fourth-order valence-corrected chi connectivity index (χ4v) is 7.68. The van der Waals surface area contributed by atoms with Crippen LogP contribution in [0, 0.1) is 0 Å². The van der Waals surface area contributed by atoms with Crippen LogP contribution in [0.2, 0.25) is 0 Å². The topological polar surface area (TPSA) is 147 Å². The van der Waals surface area contributed by atoms with Crippen LogP contribution < -0.4 is 21.4 Å². The van der Waals surface area contributed by atoms with Gasteiger partial charge in [-0.3, -0.25) is 19.2 Å². The lowest BCUT2D eigenvalue weighted by Crippen LogP contribution is -2.57. The van der Waals surface area contributed by atoms with Gasteiger partial charge in [-0.1, -0.05) is 164 Å². The van der Waals surface area contributed by atoms with Crippen LogP contribution in [0.5, 0.6) is 0 Å². The van der Waals surface area contributed by atoms with E-state index in [1.165, 1.54) is 0 Å². The molecule has 12 nitrogen and oxygen atoms in total. The van der Waals surface area contributed by atoms with E-state index in [4.69, 9.17) is 14.3 Å². The third-order valence-electron chi connectivity index (χ3n) is 10.7. The van der Waals surface area contributed by atoms with Crippen LogP contribution in [-0.2, 0) is 47.3 Å². The molecule has 0 heterocycles. The van der Waals surface area contributed by atoms with Crippen LogP contribution in [0.15, 0.2) is 164 Å². The fraction of sp³-hybridized carbons (Fsp3) is 0.255. The molecule has 0 bridgehead atoms. The third kappa shape index (κ3) is 12.0. The predicted octanol–water partition coefficient (Wildman–Crippen LogP) is 7.37. The lowest BCUT2D eigenvalue weighted by Gasteiger charge is -2.38. The molecule has 0 aromatic heterocycles. The second kappa shape index (κ2) is 22.8. The molecule has 326 valence electrons. The molecule has 0 aliphatic heterocycles. The molecule has 0 saturated heterocycles. The van der Waals surface area contributed by atoms with Gasteiger partial charge in [0.05, 0.1) is 12.5 Å². The number of nitrogens with one attached hydrogen (secondary N) is 4. The third-order valence-corrected chi connectivity index (χ3v) is 10.7. The second-order valence-electron chi connectivity index (χ2n) is 14.9. The smallest absolute Gasteiger partial charge is 0.338 e. The first-order valence-corrected chi connectivity index (χ1v) is 21.2. The number of fused-ring (bicyclic) bond motifs is 1. The monoisotopic (exact) mass is 849 g/mol. The van der Waals surface area contributed by atoms with E-state index in [1.807, 2.05) is 185 Å². The van der Waals surface area contributed by atoms with Crippen molar-refractivity contribution in [3.63, 3.8) is 0 Å². The zero-order valence-corrected chi connectivity index (χ0v) is 35.9. The number of rotatable bonds is 21. The highest BCUT2D eigenvalue weighted by atomic mass is 16.7. The number of hydrogen-bond acceptors (Lipinski definition) is 7. The van der Waals surface area contributed by atoms with E-state index in [0.29, 0.717) is 13.2 Å². The number of urea groups is 1. The molecule has 0 spiro atoms. The van der Waals surface area contributed by atoms with Gasteiger partial charge in [-0.2, -0.15) is 0 Å². The van der Waals surface area contributed by atoms with Gasteiger partial charge >= 0.3 is 6.03 Å². The van der Waals surface area contributed by atoms with E-state index < -0.39 is 60.7 Å². The van der Waals surface area contributed by atoms with Gasteiger partial charge in [0.15, 0.2) is 12.9 Å². The van der Waals surface area contributed by atoms with Gasteiger partial charge in [-0.25, -0.2) is 10.3 Å². The Morgan fingerprint density at radius 2 is 1.16 bits per heavy atom. The van der Waals surface area contributed by atoms with Crippen LogP contribution in [0.25, 0.3) is 10.8 Å². The first kappa shape index (κ1) is 45.7. The summed E-state index contributed by atoms with van der Waals surface area (Å²) in [6.45, 7) is 5.84. The van der Waals surface area contributed by atoms with Crippen molar-refractivity contribution in [2.24, 2.45) is 0 Å². The van der Waals surface area contributed by atoms with E-state index in [9.17, 15) is 14.4 Å². The fourth-order valence-electron chi connectivity index (χ4n) is 7.68. The molecule has 6 aromatic carbocycles. The van der Waals surface area contributed by atoms with Crippen LogP contribution in [0.3, 0.4) is 0 Å². The minimum atomic E-state index is -1.41. The van der Waals surface area contributed by atoms with E-state index >= 15 is 4.79 Å². The number of benzene rings is 6. The summed E-state index contributed by atoms with van der Waals surface area (Å²) < 4.78 is 12.1. The zero-order chi connectivity index (χ0) is 44.4. The number of hydroxylamine groups is 1. The highest BCUT2D eigenvalue weighted by molar-refractivity contribution is 5.93. The van der Waals surface area contributed by atoms with Crippen molar-refractivity contribution in [1.82, 2.24) is 26.3 Å². The lowest BCUT2D eigenvalue weighted by atomic mass is 9.77. The van der Waals surface area contributed by atoms with E-state index in [2.05, 4.69) is 21.4 Å². The molecule has 6 rings (SSSR count). The van der Waals surface area contributed by atoms with Gasteiger partial charge in [0, 0.05) is 26.3 Å². The maximum Gasteiger partial charge on any atom is 0.338 e. The molecule has 63 heavy (non-hydrogen) atoms. The van der Waals surface area contributed by atoms with Crippen LogP contribution in [0.4, 0.5) is 4.79 Å². The molecule has 0 radical (unpaired) electrons. The quantitative estimate of drug-likeness (QED) is 0.0336. The van der Waals surface area contributed by atoms with Crippen molar-refractivity contribution in [3.8, 4) is 0 Å². The van der Waals surface area contributed by atoms with Crippen LogP contribution in [0.1, 0.15) is 55.0 Å². The first-order chi connectivity index (χ1) is 30.7. The molecular weight excluding hydrogens is 795 g/mol. The van der Waals surface area contributed by atoms with Crippen molar-refractivity contribution in [2.75, 3.05) is 19.8 Å². The van der Waals surface area contributed by atoms with Crippen molar-refractivity contribution >= 4 is 34.5 Å². The van der Waals surface area contributed by atoms with E-state index in [-0.39, 0.29) is 13.1 Å². The zero-order valence-electron chi connectivity index (χ0n) is 35.9. The Kier molecular flexibility index (Phi) is 16.5. The normalized spacial score (nSPS) is 12.3. The summed E-state index contributed by atoms with van der Waals surface area (Å²) in [5.74, 6) is -1.82. The SMILES string of the molecule is CCOC(OCC)[C@H](C)N(Cc1cccc2ccccc12)C(=O)[C@H](CC(=O)NC(c1ccccc1)(c1ccccc1)c1ccccc1)NC(=O)CONC(=O)NCc1ccccc1. The Balaban J connectivity index is 1.34. The van der Waals surface area contributed by atoms with Gasteiger partial charge in [0.25, 0.3) is 0 Å².